The Morgan fingerprint density at radius 1 is 1.19 bits per heavy atom. The molecule has 0 aliphatic carbocycles. The third-order valence-corrected chi connectivity index (χ3v) is 4.79. The standard InChI is InChI=1S/C18H9Cl2F2N3S/c19-11-1-3-13(14(20)5-11)17-9-26-18(25-17)10(7-23)8-24-16-4-2-12(21)6-15(16)22/h1-6,8-9,24H. The molecule has 3 nitrogen and oxygen atoms in total. The summed E-state index contributed by atoms with van der Waals surface area (Å²) in [5, 5.41) is 15.2. The van der Waals surface area contributed by atoms with Gasteiger partial charge in [-0.2, -0.15) is 5.26 Å². The summed E-state index contributed by atoms with van der Waals surface area (Å²) < 4.78 is 26.6. The zero-order chi connectivity index (χ0) is 18.7. The number of nitrogens with zero attached hydrogens (tertiary/aromatic N) is 2. The van der Waals surface area contributed by atoms with Crippen LogP contribution in [0.1, 0.15) is 5.01 Å². The Balaban J connectivity index is 1.87. The summed E-state index contributed by atoms with van der Waals surface area (Å²) in [4.78, 5) is 4.40. The second-order valence-corrected chi connectivity index (χ2v) is 6.80. The summed E-state index contributed by atoms with van der Waals surface area (Å²) in [6.07, 6.45) is 1.32. The molecule has 0 amide bonds. The minimum atomic E-state index is -0.758. The summed E-state index contributed by atoms with van der Waals surface area (Å²) >= 11 is 13.3. The van der Waals surface area contributed by atoms with Crippen LogP contribution in [0.5, 0.6) is 0 Å². The van der Waals surface area contributed by atoms with Crippen LogP contribution in [0, 0.1) is 23.0 Å². The molecule has 0 atom stereocenters. The van der Waals surface area contributed by atoms with Gasteiger partial charge in [-0.25, -0.2) is 13.8 Å². The number of rotatable bonds is 4. The number of hydrogen-bond acceptors (Lipinski definition) is 4. The van der Waals surface area contributed by atoms with Gasteiger partial charge in [-0.15, -0.1) is 11.3 Å². The monoisotopic (exact) mass is 407 g/mol. The number of benzene rings is 2. The predicted molar refractivity (Wildman–Crippen MR) is 101 cm³/mol. The van der Waals surface area contributed by atoms with Gasteiger partial charge < -0.3 is 5.32 Å². The van der Waals surface area contributed by atoms with Gasteiger partial charge in [0.1, 0.15) is 28.3 Å². The molecule has 3 aromatic rings. The van der Waals surface area contributed by atoms with Crippen LogP contribution in [0.4, 0.5) is 14.5 Å². The summed E-state index contributed by atoms with van der Waals surface area (Å²) in [7, 11) is 0. The average molecular weight is 408 g/mol. The smallest absolute Gasteiger partial charge is 0.149 e. The molecule has 1 N–H and O–H groups in total. The van der Waals surface area contributed by atoms with Crippen LogP contribution in [-0.4, -0.2) is 4.98 Å². The lowest BCUT2D eigenvalue weighted by Gasteiger charge is -2.03. The molecule has 0 unspecified atom stereocenters. The van der Waals surface area contributed by atoms with Gasteiger partial charge in [-0.05, 0) is 30.3 Å². The fourth-order valence-electron chi connectivity index (χ4n) is 2.12. The Hall–Kier alpha value is -2.46. The van der Waals surface area contributed by atoms with Crippen LogP contribution < -0.4 is 5.32 Å². The lowest BCUT2D eigenvalue weighted by molar-refractivity contribution is 0.586. The highest BCUT2D eigenvalue weighted by molar-refractivity contribution is 7.11. The molecule has 0 aliphatic heterocycles. The Bertz CT molecular complexity index is 1040. The maximum Gasteiger partial charge on any atom is 0.149 e. The Morgan fingerprint density at radius 2 is 2.00 bits per heavy atom. The lowest BCUT2D eigenvalue weighted by Crippen LogP contribution is -1.94. The lowest BCUT2D eigenvalue weighted by atomic mass is 10.2. The molecule has 0 spiro atoms. The fraction of sp³-hybridized carbons (Fsp3) is 0. The number of nitrogens with one attached hydrogen (secondary N) is 1. The van der Waals surface area contributed by atoms with E-state index in [1.807, 2.05) is 6.07 Å². The molecule has 3 rings (SSSR count). The number of allylic oxidation sites excluding steroid dienone is 1. The Labute approximate surface area is 162 Å². The third kappa shape index (κ3) is 4.02. The molecule has 0 radical (unpaired) electrons. The Morgan fingerprint density at radius 3 is 2.69 bits per heavy atom. The molecular weight excluding hydrogens is 399 g/mol. The number of hydrogen-bond donors (Lipinski definition) is 1. The van der Waals surface area contributed by atoms with Gasteiger partial charge in [-0.1, -0.05) is 23.2 Å². The molecule has 0 bridgehead atoms. The van der Waals surface area contributed by atoms with Crippen molar-refractivity contribution in [2.24, 2.45) is 0 Å². The van der Waals surface area contributed by atoms with E-state index in [0.717, 1.165) is 12.1 Å². The van der Waals surface area contributed by atoms with Gasteiger partial charge in [-0.3, -0.25) is 0 Å². The van der Waals surface area contributed by atoms with Gasteiger partial charge in [0.05, 0.1) is 16.4 Å². The third-order valence-electron chi connectivity index (χ3n) is 3.37. The second kappa shape index (κ2) is 7.83. The van der Waals surface area contributed by atoms with Crippen molar-refractivity contribution >= 4 is 45.8 Å². The first kappa shape index (κ1) is 18.3. The van der Waals surface area contributed by atoms with E-state index in [1.165, 1.54) is 23.6 Å². The molecule has 130 valence electrons. The molecule has 0 fully saturated rings. The van der Waals surface area contributed by atoms with E-state index < -0.39 is 11.6 Å². The number of aromatic nitrogens is 1. The van der Waals surface area contributed by atoms with Gasteiger partial charge in [0.25, 0.3) is 0 Å². The number of thiazole rings is 1. The largest absolute Gasteiger partial charge is 0.358 e. The second-order valence-electron chi connectivity index (χ2n) is 5.10. The van der Waals surface area contributed by atoms with E-state index >= 15 is 0 Å². The summed E-state index contributed by atoms with van der Waals surface area (Å²) in [5.41, 5.74) is 1.54. The molecule has 1 aromatic heterocycles. The fourth-order valence-corrected chi connectivity index (χ4v) is 3.41. The SMILES string of the molecule is N#CC(=CNc1ccc(F)cc1F)c1nc(-c2ccc(Cl)cc2Cl)cs1. The first-order valence-electron chi connectivity index (χ1n) is 7.21. The number of halogens is 4. The average Bonchev–Trinajstić information content (AvgIpc) is 3.06. The molecule has 2 aromatic carbocycles. The maximum absolute atomic E-state index is 13.7. The van der Waals surface area contributed by atoms with E-state index in [4.69, 9.17) is 23.2 Å². The minimum absolute atomic E-state index is 0.0525. The molecule has 0 saturated heterocycles. The maximum atomic E-state index is 13.7. The highest BCUT2D eigenvalue weighted by Gasteiger charge is 2.12. The first-order chi connectivity index (χ1) is 12.5. The van der Waals surface area contributed by atoms with Crippen LogP contribution in [-0.2, 0) is 0 Å². The van der Waals surface area contributed by atoms with Crippen LogP contribution in [0.25, 0.3) is 16.8 Å². The Kier molecular flexibility index (Phi) is 5.52. The summed E-state index contributed by atoms with van der Waals surface area (Å²) in [5.74, 6) is -1.44. The van der Waals surface area contributed by atoms with E-state index in [1.54, 1.807) is 23.6 Å². The highest BCUT2D eigenvalue weighted by atomic mass is 35.5. The molecule has 0 aliphatic rings. The minimum Gasteiger partial charge on any atom is -0.358 e. The first-order valence-corrected chi connectivity index (χ1v) is 8.84. The van der Waals surface area contributed by atoms with Crippen LogP contribution in [0.15, 0.2) is 48.0 Å². The van der Waals surface area contributed by atoms with Crippen molar-refractivity contribution in [2.45, 2.75) is 0 Å². The summed E-state index contributed by atoms with van der Waals surface area (Å²) in [6, 6.07) is 10.2. The van der Waals surface area contributed by atoms with E-state index in [9.17, 15) is 14.0 Å². The van der Waals surface area contributed by atoms with Crippen molar-refractivity contribution in [3.63, 3.8) is 0 Å². The molecular formula is C18H9Cl2F2N3S. The number of nitriles is 1. The normalized spacial score (nSPS) is 11.3. The van der Waals surface area contributed by atoms with Crippen LogP contribution in [0.2, 0.25) is 10.0 Å². The van der Waals surface area contributed by atoms with Crippen molar-refractivity contribution < 1.29 is 8.78 Å². The van der Waals surface area contributed by atoms with Gasteiger partial charge >= 0.3 is 0 Å². The molecule has 8 heteroatoms. The van der Waals surface area contributed by atoms with E-state index in [0.29, 0.717) is 26.3 Å². The van der Waals surface area contributed by atoms with Gasteiger partial charge in [0.15, 0.2) is 0 Å². The zero-order valence-electron chi connectivity index (χ0n) is 12.9. The highest BCUT2D eigenvalue weighted by Crippen LogP contribution is 2.32. The quantitative estimate of drug-likeness (QED) is 0.510. The van der Waals surface area contributed by atoms with Crippen LogP contribution >= 0.6 is 34.5 Å². The van der Waals surface area contributed by atoms with Crippen LogP contribution in [0.3, 0.4) is 0 Å². The van der Waals surface area contributed by atoms with E-state index in [-0.39, 0.29) is 11.3 Å². The molecule has 0 saturated carbocycles. The predicted octanol–water partition coefficient (Wildman–Crippen LogP) is 6.37. The van der Waals surface area contributed by atoms with Crippen molar-refractivity contribution in [3.8, 4) is 17.3 Å². The summed E-state index contributed by atoms with van der Waals surface area (Å²) in [6.45, 7) is 0. The van der Waals surface area contributed by atoms with E-state index in [2.05, 4.69) is 10.3 Å². The van der Waals surface area contributed by atoms with Crippen molar-refractivity contribution in [3.05, 3.63) is 74.7 Å². The van der Waals surface area contributed by atoms with Crippen molar-refractivity contribution in [1.82, 2.24) is 4.98 Å². The number of anilines is 1. The molecule has 1 heterocycles. The molecule has 26 heavy (non-hydrogen) atoms. The zero-order valence-corrected chi connectivity index (χ0v) is 15.3. The van der Waals surface area contributed by atoms with Crippen molar-refractivity contribution in [2.75, 3.05) is 5.32 Å². The van der Waals surface area contributed by atoms with Gasteiger partial charge in [0, 0.05) is 28.2 Å². The van der Waals surface area contributed by atoms with Crippen molar-refractivity contribution in [1.29, 1.82) is 5.26 Å². The van der Waals surface area contributed by atoms with Gasteiger partial charge in [0.2, 0.25) is 0 Å². The topological polar surface area (TPSA) is 48.7 Å².